The molecule has 0 saturated carbocycles. The lowest BCUT2D eigenvalue weighted by atomic mass is 10.0. The quantitative estimate of drug-likeness (QED) is 0.925. The average Bonchev–Trinajstić information content (AvgIpc) is 2.39. The van der Waals surface area contributed by atoms with E-state index in [9.17, 15) is 4.79 Å². The number of nitrogens with one attached hydrogen (secondary N) is 1. The second-order valence-electron chi connectivity index (χ2n) is 4.48. The number of carbonyl (C=O) groups excluding carboxylic acids is 1. The summed E-state index contributed by atoms with van der Waals surface area (Å²) in [5.74, 6) is 0.753. The lowest BCUT2D eigenvalue weighted by Gasteiger charge is -2.27. The number of amides is 1. The van der Waals surface area contributed by atoms with Crippen molar-refractivity contribution in [3.05, 3.63) is 28.2 Å². The van der Waals surface area contributed by atoms with E-state index >= 15 is 0 Å². The zero-order valence-corrected chi connectivity index (χ0v) is 12.7. The molecular weight excluding hydrogens is 310 g/mol. The van der Waals surface area contributed by atoms with Crippen molar-refractivity contribution in [2.24, 2.45) is 0 Å². The standard InChI is InChI=1S/C14H18BrNO3/c1-3-18-9(2)14(17)16-12-6-7-19-13-5-4-10(15)8-11(12)13/h4-5,8-9,12H,3,6-7H2,1-2H3,(H,16,17)/t9-,12-/m1/s1. The van der Waals surface area contributed by atoms with Gasteiger partial charge in [0.2, 0.25) is 5.91 Å². The molecule has 4 nitrogen and oxygen atoms in total. The third kappa shape index (κ3) is 3.48. The van der Waals surface area contributed by atoms with Gasteiger partial charge in [0.05, 0.1) is 12.6 Å². The van der Waals surface area contributed by atoms with Gasteiger partial charge in [0.15, 0.2) is 0 Å². The van der Waals surface area contributed by atoms with Crippen LogP contribution in [0.4, 0.5) is 0 Å². The van der Waals surface area contributed by atoms with Crippen LogP contribution in [0.3, 0.4) is 0 Å². The largest absolute Gasteiger partial charge is 0.493 e. The van der Waals surface area contributed by atoms with Gasteiger partial charge < -0.3 is 14.8 Å². The minimum Gasteiger partial charge on any atom is -0.493 e. The van der Waals surface area contributed by atoms with Gasteiger partial charge in [-0.25, -0.2) is 0 Å². The van der Waals surface area contributed by atoms with Crippen LogP contribution >= 0.6 is 15.9 Å². The highest BCUT2D eigenvalue weighted by atomic mass is 79.9. The van der Waals surface area contributed by atoms with Gasteiger partial charge in [0, 0.05) is 23.1 Å². The molecule has 0 radical (unpaired) electrons. The average molecular weight is 328 g/mol. The number of rotatable bonds is 4. The lowest BCUT2D eigenvalue weighted by Crippen LogP contribution is -2.38. The molecule has 2 atom stereocenters. The number of hydrogen-bond donors (Lipinski definition) is 1. The SMILES string of the molecule is CCO[C@H](C)C(=O)N[C@@H]1CCOc2ccc(Br)cc21. The van der Waals surface area contributed by atoms with E-state index in [2.05, 4.69) is 21.2 Å². The zero-order valence-electron chi connectivity index (χ0n) is 11.1. The highest BCUT2D eigenvalue weighted by Gasteiger charge is 2.25. The highest BCUT2D eigenvalue weighted by molar-refractivity contribution is 9.10. The van der Waals surface area contributed by atoms with E-state index < -0.39 is 6.10 Å². The van der Waals surface area contributed by atoms with Crippen LogP contribution in [0.15, 0.2) is 22.7 Å². The highest BCUT2D eigenvalue weighted by Crippen LogP contribution is 2.34. The van der Waals surface area contributed by atoms with Crippen molar-refractivity contribution in [1.82, 2.24) is 5.32 Å². The van der Waals surface area contributed by atoms with Crippen molar-refractivity contribution in [2.75, 3.05) is 13.2 Å². The minimum atomic E-state index is -0.427. The Morgan fingerprint density at radius 1 is 1.63 bits per heavy atom. The topological polar surface area (TPSA) is 47.6 Å². The number of carbonyl (C=O) groups is 1. The Kier molecular flexibility index (Phi) is 4.82. The van der Waals surface area contributed by atoms with Gasteiger partial charge in [-0.05, 0) is 32.0 Å². The summed E-state index contributed by atoms with van der Waals surface area (Å²) in [6.07, 6.45) is 0.345. The molecule has 1 aliphatic heterocycles. The summed E-state index contributed by atoms with van der Waals surface area (Å²) in [5.41, 5.74) is 1.01. The first-order valence-corrected chi connectivity index (χ1v) is 7.25. The molecule has 1 aliphatic rings. The number of hydrogen-bond acceptors (Lipinski definition) is 3. The molecule has 1 aromatic carbocycles. The summed E-state index contributed by atoms with van der Waals surface area (Å²) in [6, 6.07) is 5.83. The van der Waals surface area contributed by atoms with E-state index in [0.717, 1.165) is 22.2 Å². The van der Waals surface area contributed by atoms with E-state index in [0.29, 0.717) is 13.2 Å². The first-order chi connectivity index (χ1) is 9.11. The van der Waals surface area contributed by atoms with Crippen molar-refractivity contribution in [3.8, 4) is 5.75 Å². The zero-order chi connectivity index (χ0) is 13.8. The second kappa shape index (κ2) is 6.39. The van der Waals surface area contributed by atoms with Crippen LogP contribution in [0.2, 0.25) is 0 Å². The third-order valence-electron chi connectivity index (χ3n) is 3.11. The van der Waals surface area contributed by atoms with Crippen LogP contribution in [0, 0.1) is 0 Å². The van der Waals surface area contributed by atoms with Gasteiger partial charge in [0.25, 0.3) is 0 Å². The fourth-order valence-corrected chi connectivity index (χ4v) is 2.51. The van der Waals surface area contributed by atoms with E-state index in [-0.39, 0.29) is 11.9 Å². The summed E-state index contributed by atoms with van der Waals surface area (Å²) in [4.78, 5) is 12.0. The molecule has 1 N–H and O–H groups in total. The molecular formula is C14H18BrNO3. The van der Waals surface area contributed by atoms with Crippen LogP contribution in [-0.4, -0.2) is 25.2 Å². The normalized spacial score (nSPS) is 19.2. The van der Waals surface area contributed by atoms with E-state index in [1.54, 1.807) is 6.92 Å². The molecule has 5 heteroatoms. The predicted molar refractivity (Wildman–Crippen MR) is 76.2 cm³/mol. The molecule has 0 fully saturated rings. The fraction of sp³-hybridized carbons (Fsp3) is 0.500. The maximum absolute atomic E-state index is 12.0. The molecule has 1 heterocycles. The van der Waals surface area contributed by atoms with Gasteiger partial charge >= 0.3 is 0 Å². The molecule has 0 unspecified atom stereocenters. The van der Waals surface area contributed by atoms with Crippen molar-refractivity contribution in [3.63, 3.8) is 0 Å². The van der Waals surface area contributed by atoms with E-state index in [4.69, 9.17) is 9.47 Å². The summed E-state index contributed by atoms with van der Waals surface area (Å²) >= 11 is 3.44. The van der Waals surface area contributed by atoms with Crippen LogP contribution in [0.5, 0.6) is 5.75 Å². The summed E-state index contributed by atoms with van der Waals surface area (Å²) < 4.78 is 11.9. The van der Waals surface area contributed by atoms with Crippen molar-refractivity contribution < 1.29 is 14.3 Å². The molecule has 1 aromatic rings. The monoisotopic (exact) mass is 327 g/mol. The Morgan fingerprint density at radius 2 is 2.42 bits per heavy atom. The molecule has 19 heavy (non-hydrogen) atoms. The van der Waals surface area contributed by atoms with Crippen LogP contribution in [-0.2, 0) is 9.53 Å². The first-order valence-electron chi connectivity index (χ1n) is 6.46. The summed E-state index contributed by atoms with van der Waals surface area (Å²) in [7, 11) is 0. The Balaban J connectivity index is 2.11. The number of halogens is 1. The summed E-state index contributed by atoms with van der Waals surface area (Å²) in [6.45, 7) is 4.79. The molecule has 0 saturated heterocycles. The van der Waals surface area contributed by atoms with Gasteiger partial charge in [-0.1, -0.05) is 15.9 Å². The van der Waals surface area contributed by atoms with Crippen LogP contribution in [0.25, 0.3) is 0 Å². The fourth-order valence-electron chi connectivity index (χ4n) is 2.13. The lowest BCUT2D eigenvalue weighted by molar-refractivity contribution is -0.132. The van der Waals surface area contributed by atoms with Crippen LogP contribution in [0.1, 0.15) is 31.9 Å². The maximum Gasteiger partial charge on any atom is 0.249 e. The molecule has 2 rings (SSSR count). The first kappa shape index (κ1) is 14.3. The Hall–Kier alpha value is -1.07. The molecule has 0 aliphatic carbocycles. The Morgan fingerprint density at radius 3 is 3.16 bits per heavy atom. The molecule has 1 amide bonds. The molecule has 0 spiro atoms. The van der Waals surface area contributed by atoms with Crippen molar-refractivity contribution in [1.29, 1.82) is 0 Å². The molecule has 104 valence electrons. The van der Waals surface area contributed by atoms with E-state index in [1.165, 1.54) is 0 Å². The molecule has 0 aromatic heterocycles. The van der Waals surface area contributed by atoms with Gasteiger partial charge in [-0.3, -0.25) is 4.79 Å². The predicted octanol–water partition coefficient (Wildman–Crippen LogP) is 2.81. The minimum absolute atomic E-state index is 0.0170. The molecule has 0 bridgehead atoms. The van der Waals surface area contributed by atoms with Crippen molar-refractivity contribution in [2.45, 2.75) is 32.4 Å². The number of fused-ring (bicyclic) bond motifs is 1. The smallest absolute Gasteiger partial charge is 0.249 e. The maximum atomic E-state index is 12.0. The van der Waals surface area contributed by atoms with E-state index in [1.807, 2.05) is 25.1 Å². The van der Waals surface area contributed by atoms with Gasteiger partial charge in [0.1, 0.15) is 11.9 Å². The second-order valence-corrected chi connectivity index (χ2v) is 5.39. The number of benzene rings is 1. The van der Waals surface area contributed by atoms with Crippen LogP contribution < -0.4 is 10.1 Å². The Bertz CT molecular complexity index is 464. The summed E-state index contributed by atoms with van der Waals surface area (Å²) in [5, 5.41) is 3.02. The third-order valence-corrected chi connectivity index (χ3v) is 3.61. The van der Waals surface area contributed by atoms with Gasteiger partial charge in [-0.2, -0.15) is 0 Å². The number of ether oxygens (including phenoxy) is 2. The Labute approximate surface area is 121 Å². The van der Waals surface area contributed by atoms with Gasteiger partial charge in [-0.15, -0.1) is 0 Å². The van der Waals surface area contributed by atoms with Crippen molar-refractivity contribution >= 4 is 21.8 Å².